The Morgan fingerprint density at radius 1 is 0.733 bits per heavy atom. The largest absolute Gasteiger partial charge is 0.646 e. The van der Waals surface area contributed by atoms with E-state index in [0.29, 0.717) is 23.2 Å². The molecule has 0 spiro atoms. The minimum Gasteiger partial charge on any atom is -0.391 e. The van der Waals surface area contributed by atoms with Crippen molar-refractivity contribution in [2.75, 3.05) is 0 Å². The third kappa shape index (κ3) is 5.77. The fourth-order valence-corrected chi connectivity index (χ4v) is 4.67. The summed E-state index contributed by atoms with van der Waals surface area (Å²) in [4.78, 5) is 0. The van der Waals surface area contributed by atoms with Crippen molar-refractivity contribution in [3.05, 3.63) is 108 Å². The standard InChI is InChI=1S/C25H25O4P/c26-30(27-23-15-6-2-7-16-23,28-24-17-8-3-9-18-24)29-25-19-22(20-25)14-10-13-21-11-4-1-5-12-21/h1-9,11-12,15-19,22H,10,13-14,20H2/t22-/m0/s1. The lowest BCUT2D eigenvalue weighted by atomic mass is 9.88. The van der Waals surface area contributed by atoms with Gasteiger partial charge in [0.1, 0.15) is 17.3 Å². The molecule has 0 aromatic heterocycles. The predicted molar refractivity (Wildman–Crippen MR) is 118 cm³/mol. The van der Waals surface area contributed by atoms with Crippen molar-refractivity contribution >= 4 is 7.82 Å². The Labute approximate surface area is 177 Å². The van der Waals surface area contributed by atoms with Gasteiger partial charge in [0.15, 0.2) is 0 Å². The molecule has 0 unspecified atom stereocenters. The molecular weight excluding hydrogens is 395 g/mol. The number of benzene rings is 3. The van der Waals surface area contributed by atoms with E-state index in [9.17, 15) is 4.57 Å². The Hall–Kier alpha value is -2.97. The van der Waals surface area contributed by atoms with E-state index >= 15 is 0 Å². The zero-order valence-electron chi connectivity index (χ0n) is 16.7. The van der Waals surface area contributed by atoms with Gasteiger partial charge >= 0.3 is 7.82 Å². The Morgan fingerprint density at radius 2 is 1.23 bits per heavy atom. The monoisotopic (exact) mass is 420 g/mol. The summed E-state index contributed by atoms with van der Waals surface area (Å²) < 4.78 is 30.4. The first-order valence-electron chi connectivity index (χ1n) is 10.2. The van der Waals surface area contributed by atoms with Gasteiger partial charge in [0.05, 0.1) is 0 Å². The van der Waals surface area contributed by atoms with Crippen LogP contribution in [0.4, 0.5) is 0 Å². The SMILES string of the molecule is O=P(OC1=C[C@H](CCCc2ccccc2)C1)(Oc1ccccc1)Oc1ccccc1. The molecular formula is C25H25O4P. The first-order chi connectivity index (χ1) is 14.7. The van der Waals surface area contributed by atoms with Crippen LogP contribution in [0.1, 0.15) is 24.8 Å². The van der Waals surface area contributed by atoms with Crippen LogP contribution in [0, 0.1) is 5.92 Å². The van der Waals surface area contributed by atoms with Gasteiger partial charge in [0.2, 0.25) is 0 Å². The molecule has 0 saturated carbocycles. The van der Waals surface area contributed by atoms with Crippen molar-refractivity contribution in [1.82, 2.24) is 0 Å². The first kappa shape index (κ1) is 20.3. The molecule has 0 N–H and O–H groups in total. The van der Waals surface area contributed by atoms with Gasteiger partial charge < -0.3 is 13.6 Å². The highest BCUT2D eigenvalue weighted by molar-refractivity contribution is 7.49. The van der Waals surface area contributed by atoms with Gasteiger partial charge in [-0.2, -0.15) is 4.57 Å². The van der Waals surface area contributed by atoms with Crippen LogP contribution in [0.3, 0.4) is 0 Å². The molecule has 1 aliphatic rings. The van der Waals surface area contributed by atoms with Crippen molar-refractivity contribution in [1.29, 1.82) is 0 Å². The number of para-hydroxylation sites is 2. The van der Waals surface area contributed by atoms with Crippen molar-refractivity contribution < 1.29 is 18.1 Å². The minimum atomic E-state index is -3.85. The van der Waals surface area contributed by atoms with Crippen LogP contribution in [0.25, 0.3) is 0 Å². The number of allylic oxidation sites excluding steroid dienone is 2. The summed E-state index contributed by atoms with van der Waals surface area (Å²) in [5.74, 6) is 1.98. The molecule has 3 aromatic rings. The molecule has 4 rings (SSSR count). The number of aryl methyl sites for hydroxylation is 1. The lowest BCUT2D eigenvalue weighted by Crippen LogP contribution is -2.15. The van der Waals surface area contributed by atoms with Gasteiger partial charge in [0.25, 0.3) is 0 Å². The number of hydrogen-bond donors (Lipinski definition) is 0. The zero-order chi connectivity index (χ0) is 20.7. The molecule has 154 valence electrons. The quantitative estimate of drug-likeness (QED) is 0.326. The summed E-state index contributed by atoms with van der Waals surface area (Å²) in [6.45, 7) is 0. The molecule has 0 saturated heterocycles. The summed E-state index contributed by atoms with van der Waals surface area (Å²) in [6.07, 6.45) is 6.02. The van der Waals surface area contributed by atoms with Gasteiger partial charge in [-0.25, -0.2) is 0 Å². The maximum Gasteiger partial charge on any atom is 0.646 e. The van der Waals surface area contributed by atoms with E-state index in [1.165, 1.54) is 5.56 Å². The van der Waals surface area contributed by atoms with E-state index in [4.69, 9.17) is 13.6 Å². The van der Waals surface area contributed by atoms with E-state index in [2.05, 4.69) is 24.3 Å². The Bertz CT molecular complexity index is 958. The molecule has 0 bridgehead atoms. The molecule has 30 heavy (non-hydrogen) atoms. The third-order valence-corrected chi connectivity index (χ3v) is 6.25. The van der Waals surface area contributed by atoms with Crippen molar-refractivity contribution in [2.45, 2.75) is 25.7 Å². The molecule has 4 nitrogen and oxygen atoms in total. The summed E-state index contributed by atoms with van der Waals surface area (Å²) in [6, 6.07) is 28.4. The molecule has 1 aliphatic carbocycles. The number of hydrogen-bond acceptors (Lipinski definition) is 4. The first-order valence-corrected chi connectivity index (χ1v) is 11.7. The van der Waals surface area contributed by atoms with Crippen molar-refractivity contribution in [2.24, 2.45) is 5.92 Å². The number of phosphoric acid groups is 1. The molecule has 0 fully saturated rings. The minimum absolute atomic E-state index is 0.436. The van der Waals surface area contributed by atoms with E-state index < -0.39 is 7.82 Å². The average Bonchev–Trinajstić information content (AvgIpc) is 2.74. The second kappa shape index (κ2) is 9.69. The fourth-order valence-electron chi connectivity index (χ4n) is 3.37. The van der Waals surface area contributed by atoms with E-state index in [0.717, 1.165) is 25.7 Å². The summed E-state index contributed by atoms with van der Waals surface area (Å²) in [7, 11) is -3.85. The fraction of sp³-hybridized carbons (Fsp3) is 0.200. The molecule has 0 heterocycles. The van der Waals surface area contributed by atoms with Crippen LogP contribution in [-0.4, -0.2) is 0 Å². The molecule has 0 amide bonds. The molecule has 3 aromatic carbocycles. The molecule has 0 radical (unpaired) electrons. The summed E-state index contributed by atoms with van der Waals surface area (Å²) in [5, 5.41) is 0. The lowest BCUT2D eigenvalue weighted by molar-refractivity contribution is 0.229. The summed E-state index contributed by atoms with van der Waals surface area (Å²) in [5.41, 5.74) is 1.36. The van der Waals surface area contributed by atoms with Crippen LogP contribution >= 0.6 is 7.82 Å². The molecule has 1 atom stereocenters. The van der Waals surface area contributed by atoms with Gasteiger partial charge in [0, 0.05) is 6.42 Å². The zero-order valence-corrected chi connectivity index (χ0v) is 17.6. The number of phosphoric ester groups is 1. The highest BCUT2D eigenvalue weighted by Gasteiger charge is 2.36. The summed E-state index contributed by atoms with van der Waals surface area (Å²) >= 11 is 0. The van der Waals surface area contributed by atoms with Crippen LogP contribution in [0.2, 0.25) is 0 Å². The van der Waals surface area contributed by atoms with Crippen LogP contribution in [-0.2, 0) is 15.5 Å². The number of rotatable bonds is 10. The average molecular weight is 420 g/mol. The Kier molecular flexibility index (Phi) is 6.56. The molecule has 5 heteroatoms. The van der Waals surface area contributed by atoms with E-state index in [1.54, 1.807) is 24.3 Å². The van der Waals surface area contributed by atoms with Crippen molar-refractivity contribution in [3.8, 4) is 11.5 Å². The second-order valence-electron chi connectivity index (χ2n) is 7.32. The van der Waals surface area contributed by atoms with Gasteiger partial charge in [-0.1, -0.05) is 66.7 Å². The smallest absolute Gasteiger partial charge is 0.391 e. The normalized spacial score (nSPS) is 15.6. The van der Waals surface area contributed by atoms with Crippen LogP contribution in [0.15, 0.2) is 103 Å². The molecule has 0 aliphatic heterocycles. The van der Waals surface area contributed by atoms with E-state index in [1.807, 2.05) is 48.5 Å². The van der Waals surface area contributed by atoms with Crippen LogP contribution in [0.5, 0.6) is 11.5 Å². The van der Waals surface area contributed by atoms with E-state index in [-0.39, 0.29) is 0 Å². The lowest BCUT2D eigenvalue weighted by Gasteiger charge is -2.28. The second-order valence-corrected chi connectivity index (χ2v) is 8.76. The Balaban J connectivity index is 1.36. The van der Waals surface area contributed by atoms with Gasteiger partial charge in [-0.15, -0.1) is 0 Å². The Morgan fingerprint density at radius 3 is 1.77 bits per heavy atom. The maximum atomic E-state index is 13.4. The van der Waals surface area contributed by atoms with Gasteiger partial charge in [-0.05, 0) is 61.1 Å². The highest BCUT2D eigenvalue weighted by Crippen LogP contribution is 2.53. The topological polar surface area (TPSA) is 44.8 Å². The van der Waals surface area contributed by atoms with Crippen LogP contribution < -0.4 is 9.05 Å². The predicted octanol–water partition coefficient (Wildman–Crippen LogP) is 7.20. The van der Waals surface area contributed by atoms with Crippen molar-refractivity contribution in [3.63, 3.8) is 0 Å². The third-order valence-electron chi connectivity index (χ3n) is 4.92. The van der Waals surface area contributed by atoms with Gasteiger partial charge in [-0.3, -0.25) is 0 Å². The highest BCUT2D eigenvalue weighted by atomic mass is 31.2. The maximum absolute atomic E-state index is 13.4.